The van der Waals surface area contributed by atoms with Crippen molar-refractivity contribution in [2.75, 3.05) is 31.1 Å². The second-order valence-corrected chi connectivity index (χ2v) is 10.1. The molecule has 0 spiro atoms. The zero-order chi connectivity index (χ0) is 24.4. The molecule has 182 valence electrons. The normalized spacial score (nSPS) is 17.5. The van der Waals surface area contributed by atoms with Gasteiger partial charge in [-0.3, -0.25) is 0 Å². The van der Waals surface area contributed by atoms with E-state index in [2.05, 4.69) is 16.0 Å². The van der Waals surface area contributed by atoms with E-state index in [1.54, 1.807) is 6.20 Å². The number of hydrogen-bond acceptors (Lipinski definition) is 4. The van der Waals surface area contributed by atoms with Gasteiger partial charge in [0.25, 0.3) is 0 Å². The highest BCUT2D eigenvalue weighted by Crippen LogP contribution is 2.43. The number of fused-ring (bicyclic) bond motifs is 3. The molecule has 2 heterocycles. The Bertz CT molecular complexity index is 1230. The van der Waals surface area contributed by atoms with Crippen molar-refractivity contribution in [3.8, 4) is 11.3 Å². The molecule has 1 fully saturated rings. The number of aromatic nitrogens is 2. The Labute approximate surface area is 215 Å². The number of anilines is 1. The molecule has 1 N–H and O–H groups in total. The second kappa shape index (κ2) is 10.5. The summed E-state index contributed by atoms with van der Waals surface area (Å²) in [6.45, 7) is 3.46. The lowest BCUT2D eigenvalue weighted by Crippen LogP contribution is -2.36. The molecule has 35 heavy (non-hydrogen) atoms. The lowest BCUT2D eigenvalue weighted by Gasteiger charge is -2.29. The molecular formula is C27H28Cl2N4O2. The van der Waals surface area contributed by atoms with Gasteiger partial charge >= 0.3 is 6.09 Å². The Balaban J connectivity index is 1.41. The molecule has 1 atom stereocenters. The molecule has 2 aromatic carbocycles. The van der Waals surface area contributed by atoms with E-state index in [0.29, 0.717) is 23.0 Å². The van der Waals surface area contributed by atoms with Crippen molar-refractivity contribution >= 4 is 35.2 Å². The number of carboxylic acid groups (broad SMARTS) is 1. The van der Waals surface area contributed by atoms with Crippen molar-refractivity contribution in [1.29, 1.82) is 0 Å². The molecule has 1 saturated heterocycles. The van der Waals surface area contributed by atoms with Crippen molar-refractivity contribution in [3.63, 3.8) is 0 Å². The lowest BCUT2D eigenvalue weighted by molar-refractivity contribution is 0.199. The molecule has 3 aromatic rings. The molecule has 0 radical (unpaired) electrons. The van der Waals surface area contributed by atoms with Crippen LogP contribution >= 0.6 is 23.2 Å². The highest BCUT2D eigenvalue weighted by Gasteiger charge is 2.29. The fourth-order valence-corrected chi connectivity index (χ4v) is 5.51. The van der Waals surface area contributed by atoms with Crippen LogP contribution in [-0.4, -0.2) is 52.2 Å². The Morgan fingerprint density at radius 1 is 1.09 bits per heavy atom. The van der Waals surface area contributed by atoms with E-state index in [-0.39, 0.29) is 11.9 Å². The van der Waals surface area contributed by atoms with Crippen LogP contribution in [0.4, 0.5) is 10.7 Å². The summed E-state index contributed by atoms with van der Waals surface area (Å²) in [5.74, 6) is 0.320. The molecule has 8 heteroatoms. The maximum absolute atomic E-state index is 12.1. The van der Waals surface area contributed by atoms with E-state index in [4.69, 9.17) is 28.2 Å². The Kier molecular flexibility index (Phi) is 7.23. The third-order valence-electron chi connectivity index (χ3n) is 6.99. The number of hydrogen-bond donors (Lipinski definition) is 1. The molecule has 0 bridgehead atoms. The average Bonchev–Trinajstić information content (AvgIpc) is 2.88. The molecule has 1 aliphatic heterocycles. The summed E-state index contributed by atoms with van der Waals surface area (Å²) in [4.78, 5) is 25.0. The molecule has 6 nitrogen and oxygen atoms in total. The van der Waals surface area contributed by atoms with Gasteiger partial charge in [0.2, 0.25) is 5.95 Å². The van der Waals surface area contributed by atoms with Gasteiger partial charge in [0.05, 0.1) is 15.7 Å². The minimum atomic E-state index is -1.03. The smallest absolute Gasteiger partial charge is 0.414 e. The van der Waals surface area contributed by atoms with Gasteiger partial charge in [-0.25, -0.2) is 19.7 Å². The average molecular weight is 511 g/mol. The number of benzene rings is 2. The molecule has 0 unspecified atom stereocenters. The molecule has 0 saturated carbocycles. The van der Waals surface area contributed by atoms with Gasteiger partial charge in [0.15, 0.2) is 0 Å². The summed E-state index contributed by atoms with van der Waals surface area (Å²) in [6.07, 6.45) is 5.93. The lowest BCUT2D eigenvalue weighted by atomic mass is 9.78. The van der Waals surface area contributed by atoms with Gasteiger partial charge in [-0.15, -0.1) is 0 Å². The predicted molar refractivity (Wildman–Crippen MR) is 140 cm³/mol. The zero-order valence-corrected chi connectivity index (χ0v) is 21.0. The van der Waals surface area contributed by atoms with E-state index in [1.807, 2.05) is 36.4 Å². The Hall–Kier alpha value is -2.67. The van der Waals surface area contributed by atoms with Crippen molar-refractivity contribution in [2.24, 2.45) is 0 Å². The number of carbonyl (C=O) groups is 1. The van der Waals surface area contributed by atoms with Gasteiger partial charge in [-0.2, -0.15) is 0 Å². The summed E-state index contributed by atoms with van der Waals surface area (Å²) < 4.78 is 0. The summed E-state index contributed by atoms with van der Waals surface area (Å²) in [5, 5.41) is 11.0. The van der Waals surface area contributed by atoms with Crippen LogP contribution in [0.25, 0.3) is 11.3 Å². The summed E-state index contributed by atoms with van der Waals surface area (Å²) in [7, 11) is 0. The van der Waals surface area contributed by atoms with Crippen LogP contribution in [0.15, 0.2) is 48.7 Å². The fourth-order valence-electron chi connectivity index (χ4n) is 5.20. The predicted octanol–water partition coefficient (Wildman–Crippen LogP) is 6.50. The topological polar surface area (TPSA) is 69.6 Å². The monoisotopic (exact) mass is 510 g/mol. The van der Waals surface area contributed by atoms with Crippen molar-refractivity contribution in [1.82, 2.24) is 14.9 Å². The summed E-state index contributed by atoms with van der Waals surface area (Å²) in [5.41, 5.74) is 4.99. The maximum atomic E-state index is 12.1. The molecule has 1 aromatic heterocycles. The first kappa shape index (κ1) is 24.0. The fraction of sp³-hybridized carbons (Fsp3) is 0.370. The maximum Gasteiger partial charge on any atom is 0.414 e. The first-order valence-electron chi connectivity index (χ1n) is 12.1. The van der Waals surface area contributed by atoms with Crippen molar-refractivity contribution < 1.29 is 9.90 Å². The second-order valence-electron chi connectivity index (χ2n) is 9.25. The third kappa shape index (κ3) is 5.15. The first-order valence-corrected chi connectivity index (χ1v) is 12.9. The van der Waals surface area contributed by atoms with E-state index in [9.17, 15) is 9.90 Å². The number of likely N-dealkylation sites (tertiary alicyclic amines) is 1. The van der Waals surface area contributed by atoms with E-state index >= 15 is 0 Å². The molecular weight excluding hydrogens is 483 g/mol. The number of nitrogens with zero attached hydrogens (tertiary/aromatic N) is 4. The molecule has 1 amide bonds. The molecule has 5 rings (SSSR count). The van der Waals surface area contributed by atoms with Crippen LogP contribution in [-0.2, 0) is 6.42 Å². The largest absolute Gasteiger partial charge is 0.465 e. The van der Waals surface area contributed by atoms with Gasteiger partial charge in [0.1, 0.15) is 0 Å². The summed E-state index contributed by atoms with van der Waals surface area (Å²) >= 11 is 12.5. The number of piperidine rings is 1. The number of rotatable bonds is 6. The molecule has 1 aliphatic carbocycles. The minimum Gasteiger partial charge on any atom is -0.465 e. The van der Waals surface area contributed by atoms with Gasteiger partial charge < -0.3 is 10.0 Å². The van der Waals surface area contributed by atoms with Crippen molar-refractivity contribution in [2.45, 2.75) is 38.0 Å². The minimum absolute atomic E-state index is 0.0861. The van der Waals surface area contributed by atoms with Crippen LogP contribution in [0.3, 0.4) is 0 Å². The number of amides is 1. The van der Waals surface area contributed by atoms with Gasteiger partial charge in [-0.1, -0.05) is 60.0 Å². The molecule has 2 aliphatic rings. The van der Waals surface area contributed by atoms with Crippen LogP contribution in [0.1, 0.15) is 48.3 Å². The number of halogens is 2. The van der Waals surface area contributed by atoms with Gasteiger partial charge in [-0.05, 0) is 74.1 Å². The van der Waals surface area contributed by atoms with Crippen molar-refractivity contribution in [3.05, 3.63) is 75.4 Å². The Morgan fingerprint density at radius 2 is 1.89 bits per heavy atom. The Morgan fingerprint density at radius 3 is 2.66 bits per heavy atom. The standard InChI is InChI=1S/C27H28Cl2N4O2/c28-23-10-9-18(16-24(23)29)22-15-19-17-30-26(31-25(19)21-8-3-2-7-20(21)22)33(27(34)35)14-6-13-32-11-4-1-5-12-32/h2-3,7-10,16-17,22H,1,4-6,11-15H2,(H,34,35)/t22-/m0/s1. The van der Waals surface area contributed by atoms with E-state index in [1.165, 1.54) is 24.2 Å². The van der Waals surface area contributed by atoms with Gasteiger partial charge in [0, 0.05) is 24.2 Å². The highest BCUT2D eigenvalue weighted by molar-refractivity contribution is 6.42. The first-order chi connectivity index (χ1) is 17.0. The highest BCUT2D eigenvalue weighted by atomic mass is 35.5. The van der Waals surface area contributed by atoms with Crippen LogP contribution in [0.5, 0.6) is 0 Å². The van der Waals surface area contributed by atoms with Crippen LogP contribution < -0.4 is 4.90 Å². The SMILES string of the molecule is O=C(O)N(CCCN1CCCCC1)c1ncc2c(n1)-c1ccccc1[C@H](c1ccc(Cl)c(Cl)c1)C2. The summed E-state index contributed by atoms with van der Waals surface area (Å²) in [6, 6.07) is 13.9. The van der Waals surface area contributed by atoms with E-state index < -0.39 is 6.09 Å². The van der Waals surface area contributed by atoms with Crippen LogP contribution in [0, 0.1) is 0 Å². The zero-order valence-electron chi connectivity index (χ0n) is 19.5. The van der Waals surface area contributed by atoms with Crippen LogP contribution in [0.2, 0.25) is 10.0 Å². The van der Waals surface area contributed by atoms with E-state index in [0.717, 1.165) is 54.0 Å². The third-order valence-corrected chi connectivity index (χ3v) is 7.73. The quantitative estimate of drug-likeness (QED) is 0.409.